The van der Waals surface area contributed by atoms with Gasteiger partial charge in [-0.15, -0.1) is 0 Å². The number of carbonyl (C=O) groups is 2. The van der Waals surface area contributed by atoms with Crippen LogP contribution in [0.3, 0.4) is 0 Å². The Balaban J connectivity index is 2.17. The molecule has 0 N–H and O–H groups in total. The van der Waals surface area contributed by atoms with E-state index in [9.17, 15) is 9.59 Å². The molecule has 0 spiro atoms. The van der Waals surface area contributed by atoms with Crippen molar-refractivity contribution in [3.05, 3.63) is 23.3 Å². The van der Waals surface area contributed by atoms with Gasteiger partial charge >= 0.3 is 5.97 Å². The van der Waals surface area contributed by atoms with Crippen molar-refractivity contribution < 1.29 is 37.7 Å². The fraction of sp³-hybridized carbons (Fsp3) is 0.704. The summed E-state index contributed by atoms with van der Waals surface area (Å²) in [5.41, 5.74) is 0.615. The molecule has 1 heterocycles. The lowest BCUT2D eigenvalue weighted by Gasteiger charge is -2.46. The van der Waals surface area contributed by atoms with Crippen LogP contribution < -0.4 is 9.47 Å². The molecular formula is C27H42O8Si. The summed E-state index contributed by atoms with van der Waals surface area (Å²) in [6.07, 6.45) is 0.314. The summed E-state index contributed by atoms with van der Waals surface area (Å²) in [6.45, 7) is 12.5. The molecule has 9 heteroatoms. The molecule has 0 radical (unpaired) electrons. The molecule has 0 aromatic heterocycles. The average molecular weight is 523 g/mol. The highest BCUT2D eigenvalue weighted by Crippen LogP contribution is 2.56. The number of benzene rings is 1. The summed E-state index contributed by atoms with van der Waals surface area (Å²) in [5, 5.41) is -0.00663. The van der Waals surface area contributed by atoms with Crippen molar-refractivity contribution in [2.75, 3.05) is 27.9 Å². The predicted molar refractivity (Wildman–Crippen MR) is 138 cm³/mol. The highest BCUT2D eigenvalue weighted by Gasteiger charge is 2.62. The molecule has 1 fully saturated rings. The largest absolute Gasteiger partial charge is 0.493 e. The van der Waals surface area contributed by atoms with Crippen molar-refractivity contribution in [3.8, 4) is 11.5 Å². The molecule has 1 aliphatic heterocycles. The van der Waals surface area contributed by atoms with Crippen molar-refractivity contribution in [1.29, 1.82) is 0 Å². The molecule has 1 aromatic rings. The third-order valence-electron chi connectivity index (χ3n) is 8.06. The molecule has 0 saturated heterocycles. The minimum atomic E-state index is -2.18. The molecule has 8 nitrogen and oxygen atoms in total. The van der Waals surface area contributed by atoms with Gasteiger partial charge in [0, 0.05) is 46.0 Å². The van der Waals surface area contributed by atoms with E-state index in [4.69, 9.17) is 28.1 Å². The third kappa shape index (κ3) is 5.21. The van der Waals surface area contributed by atoms with E-state index < -0.39 is 26.1 Å². The van der Waals surface area contributed by atoms with Crippen molar-refractivity contribution in [2.45, 2.75) is 95.4 Å². The quantitative estimate of drug-likeness (QED) is 0.251. The van der Waals surface area contributed by atoms with Crippen molar-refractivity contribution >= 4 is 20.1 Å². The van der Waals surface area contributed by atoms with Crippen molar-refractivity contribution in [1.82, 2.24) is 0 Å². The Kier molecular flexibility index (Phi) is 8.60. The summed E-state index contributed by atoms with van der Waals surface area (Å²) in [5.74, 6) is 0.784. The summed E-state index contributed by atoms with van der Waals surface area (Å²) in [4.78, 5) is 25.6. The standard InChI is InChI=1S/C27H42O8Si/c1-17(28)33-15-14-27-21(29)13-12-20(35-36(8,9)26(2,3)4)25(27)34-24-19(30-5)11-10-18(23(24)27)16-22(31-6)32-7/h10-11,20,22,25H,12-16H2,1-9H3/t20-,25+,27+/m0/s1. The van der Waals surface area contributed by atoms with Gasteiger partial charge in [-0.25, -0.2) is 0 Å². The van der Waals surface area contributed by atoms with Crippen LogP contribution in [0.25, 0.3) is 0 Å². The van der Waals surface area contributed by atoms with Crippen LogP contribution in [0.1, 0.15) is 58.1 Å². The summed E-state index contributed by atoms with van der Waals surface area (Å²) in [6, 6.07) is 3.79. The molecular weight excluding hydrogens is 480 g/mol. The van der Waals surface area contributed by atoms with E-state index in [0.29, 0.717) is 37.2 Å². The minimum absolute atomic E-state index is 0.00663. The van der Waals surface area contributed by atoms with Gasteiger partial charge in [0.15, 0.2) is 26.1 Å². The molecule has 1 aliphatic carbocycles. The molecule has 1 saturated carbocycles. The second-order valence-corrected chi connectivity index (χ2v) is 16.0. The second kappa shape index (κ2) is 10.8. The Labute approximate surface area is 216 Å². The van der Waals surface area contributed by atoms with Gasteiger partial charge in [-0.05, 0) is 36.2 Å². The van der Waals surface area contributed by atoms with Crippen LogP contribution in [0.4, 0.5) is 0 Å². The Morgan fingerprint density at radius 1 is 1.19 bits per heavy atom. The van der Waals surface area contributed by atoms with E-state index in [-0.39, 0.29) is 29.5 Å². The van der Waals surface area contributed by atoms with Crippen LogP contribution >= 0.6 is 0 Å². The van der Waals surface area contributed by atoms with Gasteiger partial charge in [0.2, 0.25) is 0 Å². The number of fused-ring (bicyclic) bond motifs is 3. The van der Waals surface area contributed by atoms with E-state index in [0.717, 1.165) is 11.1 Å². The third-order valence-corrected chi connectivity index (χ3v) is 12.6. The topological polar surface area (TPSA) is 89.5 Å². The van der Waals surface area contributed by atoms with Crippen molar-refractivity contribution in [2.24, 2.45) is 0 Å². The van der Waals surface area contributed by atoms with Crippen LogP contribution in [0.15, 0.2) is 12.1 Å². The van der Waals surface area contributed by atoms with Crippen LogP contribution in [0.2, 0.25) is 18.1 Å². The van der Waals surface area contributed by atoms with Gasteiger partial charge < -0.3 is 28.1 Å². The number of ether oxygens (including phenoxy) is 5. The highest BCUT2D eigenvalue weighted by molar-refractivity contribution is 6.74. The zero-order valence-corrected chi connectivity index (χ0v) is 24.2. The maximum atomic E-state index is 14.0. The number of esters is 1. The Morgan fingerprint density at radius 2 is 1.86 bits per heavy atom. The van der Waals surface area contributed by atoms with E-state index in [2.05, 4.69) is 33.9 Å². The Bertz CT molecular complexity index is 965. The van der Waals surface area contributed by atoms with Crippen LogP contribution in [-0.2, 0) is 40.1 Å². The summed E-state index contributed by atoms with van der Waals surface area (Å²) in [7, 11) is 2.58. The van der Waals surface area contributed by atoms with E-state index in [1.54, 1.807) is 21.3 Å². The van der Waals surface area contributed by atoms with Crippen LogP contribution in [0.5, 0.6) is 11.5 Å². The van der Waals surface area contributed by atoms with Gasteiger partial charge in [-0.3, -0.25) is 9.59 Å². The molecule has 0 unspecified atom stereocenters. The number of Topliss-reactive ketones (excluding diaryl/α,β-unsaturated/α-hetero) is 1. The lowest BCUT2D eigenvalue weighted by atomic mass is 9.63. The van der Waals surface area contributed by atoms with Crippen LogP contribution in [0, 0.1) is 0 Å². The van der Waals surface area contributed by atoms with Gasteiger partial charge in [0.1, 0.15) is 17.3 Å². The maximum Gasteiger partial charge on any atom is 0.302 e. The monoisotopic (exact) mass is 522 g/mol. The number of hydrogen-bond acceptors (Lipinski definition) is 8. The fourth-order valence-corrected chi connectivity index (χ4v) is 6.48. The van der Waals surface area contributed by atoms with Gasteiger partial charge in [0.25, 0.3) is 0 Å². The normalized spacial score (nSPS) is 23.8. The fourth-order valence-electron chi connectivity index (χ4n) is 5.13. The van der Waals surface area contributed by atoms with E-state index in [1.807, 2.05) is 12.1 Å². The summed E-state index contributed by atoms with van der Waals surface area (Å²) < 4.78 is 35.5. The SMILES string of the molecule is COc1ccc(CC(OC)OC)c2c1O[C@@H]1[C@@H](O[Si](C)(C)C(C)(C)C)CCC(=O)[C@]21CCOC(C)=O. The first-order chi connectivity index (χ1) is 16.8. The zero-order chi connectivity index (χ0) is 26.9. The molecule has 3 rings (SSSR count). The van der Waals surface area contributed by atoms with E-state index in [1.165, 1.54) is 6.92 Å². The molecule has 2 aliphatic rings. The lowest BCUT2D eigenvalue weighted by molar-refractivity contribution is -0.145. The average Bonchev–Trinajstić information content (AvgIpc) is 3.16. The van der Waals surface area contributed by atoms with Gasteiger partial charge in [-0.1, -0.05) is 26.8 Å². The molecule has 202 valence electrons. The first-order valence-corrected chi connectivity index (χ1v) is 15.5. The summed E-state index contributed by atoms with van der Waals surface area (Å²) >= 11 is 0. The molecule has 36 heavy (non-hydrogen) atoms. The molecule has 3 atom stereocenters. The van der Waals surface area contributed by atoms with Crippen molar-refractivity contribution in [3.63, 3.8) is 0 Å². The van der Waals surface area contributed by atoms with Gasteiger partial charge in [0.05, 0.1) is 19.8 Å². The smallest absolute Gasteiger partial charge is 0.302 e. The Hall–Kier alpha value is -1.94. The Morgan fingerprint density at radius 3 is 2.42 bits per heavy atom. The second-order valence-electron chi connectivity index (χ2n) is 11.2. The predicted octanol–water partition coefficient (Wildman–Crippen LogP) is 4.56. The number of carbonyl (C=O) groups excluding carboxylic acids is 2. The minimum Gasteiger partial charge on any atom is -0.493 e. The number of rotatable bonds is 10. The maximum absolute atomic E-state index is 14.0. The molecule has 0 bridgehead atoms. The highest BCUT2D eigenvalue weighted by atomic mass is 28.4. The van der Waals surface area contributed by atoms with E-state index >= 15 is 0 Å². The lowest BCUT2D eigenvalue weighted by Crippen LogP contribution is -2.59. The zero-order valence-electron chi connectivity index (χ0n) is 23.2. The first-order valence-electron chi connectivity index (χ1n) is 12.6. The van der Waals surface area contributed by atoms with Crippen LogP contribution in [-0.4, -0.2) is 66.5 Å². The first kappa shape index (κ1) is 28.6. The number of hydrogen-bond donors (Lipinski definition) is 0. The number of methoxy groups -OCH3 is 3. The molecule has 1 aromatic carbocycles. The number of ketones is 1. The van der Waals surface area contributed by atoms with Gasteiger partial charge in [-0.2, -0.15) is 0 Å². The molecule has 0 amide bonds.